The molecule has 0 aliphatic heterocycles. The number of amides is 2. The van der Waals surface area contributed by atoms with E-state index in [-0.39, 0.29) is 6.42 Å². The van der Waals surface area contributed by atoms with Crippen LogP contribution in [0.5, 0.6) is 0 Å². The van der Waals surface area contributed by atoms with E-state index in [1.54, 1.807) is 32.9 Å². The third kappa shape index (κ3) is 3.98. The lowest BCUT2D eigenvalue weighted by molar-refractivity contribution is -0.119. The molecule has 5 heteroatoms. The van der Waals surface area contributed by atoms with Crippen molar-refractivity contribution in [1.82, 2.24) is 4.90 Å². The van der Waals surface area contributed by atoms with Gasteiger partial charge in [0.25, 0.3) is 0 Å². The van der Waals surface area contributed by atoms with Crippen LogP contribution in [0.4, 0.5) is 4.79 Å². The van der Waals surface area contributed by atoms with Crippen molar-refractivity contribution in [3.05, 3.63) is 35.9 Å². The lowest BCUT2D eigenvalue weighted by Gasteiger charge is -2.39. The summed E-state index contributed by atoms with van der Waals surface area (Å²) in [5, 5.41) is 9.43. The van der Waals surface area contributed by atoms with Crippen LogP contribution in [0.3, 0.4) is 0 Å². The summed E-state index contributed by atoms with van der Waals surface area (Å²) in [7, 11) is 0. The summed E-state index contributed by atoms with van der Waals surface area (Å²) in [6.45, 7) is 5.37. The van der Waals surface area contributed by atoms with Gasteiger partial charge in [0.15, 0.2) is 0 Å². The van der Waals surface area contributed by atoms with E-state index in [0.29, 0.717) is 0 Å². The van der Waals surface area contributed by atoms with Gasteiger partial charge in [0.2, 0.25) is 5.91 Å². The molecule has 0 unspecified atom stereocenters. The van der Waals surface area contributed by atoms with Crippen LogP contribution in [0.1, 0.15) is 38.8 Å². The Morgan fingerprint density at radius 3 is 2.16 bits per heavy atom. The Morgan fingerprint density at radius 2 is 1.79 bits per heavy atom. The molecule has 0 aliphatic rings. The third-order valence-electron chi connectivity index (χ3n) is 2.82. The molecule has 3 N–H and O–H groups in total. The highest BCUT2D eigenvalue weighted by Crippen LogP contribution is 2.30. The Balaban J connectivity index is 3.22. The second-order valence-corrected chi connectivity index (χ2v) is 5.42. The fourth-order valence-electron chi connectivity index (χ4n) is 2.11. The smallest absolute Gasteiger partial charge is 0.408 e. The Labute approximate surface area is 113 Å². The SMILES string of the molecule is CC(C)(C)N(C(=O)O)[C@@H](CC(N)=O)c1ccccc1. The molecule has 0 saturated carbocycles. The van der Waals surface area contributed by atoms with Gasteiger partial charge < -0.3 is 10.8 Å². The maximum atomic E-state index is 11.5. The van der Waals surface area contributed by atoms with Gasteiger partial charge in [-0.3, -0.25) is 9.69 Å². The second-order valence-electron chi connectivity index (χ2n) is 5.42. The fraction of sp³-hybridized carbons (Fsp3) is 0.429. The van der Waals surface area contributed by atoms with Crippen LogP contribution in [0.15, 0.2) is 30.3 Å². The van der Waals surface area contributed by atoms with Gasteiger partial charge in [0.1, 0.15) is 0 Å². The van der Waals surface area contributed by atoms with Crippen molar-refractivity contribution in [2.24, 2.45) is 5.73 Å². The minimum Gasteiger partial charge on any atom is -0.465 e. The molecule has 0 spiro atoms. The van der Waals surface area contributed by atoms with Crippen LogP contribution in [-0.2, 0) is 4.79 Å². The first-order valence-electron chi connectivity index (χ1n) is 6.09. The van der Waals surface area contributed by atoms with E-state index in [2.05, 4.69) is 0 Å². The molecule has 104 valence electrons. The summed E-state index contributed by atoms with van der Waals surface area (Å²) in [6.07, 6.45) is -1.10. The Kier molecular flexibility index (Phi) is 4.53. The lowest BCUT2D eigenvalue weighted by atomic mass is 9.96. The first-order chi connectivity index (χ1) is 8.73. The van der Waals surface area contributed by atoms with Gasteiger partial charge in [-0.15, -0.1) is 0 Å². The molecular formula is C14H20N2O3. The average molecular weight is 264 g/mol. The molecule has 1 atom stereocenters. The fourth-order valence-corrected chi connectivity index (χ4v) is 2.11. The predicted octanol–water partition coefficient (Wildman–Crippen LogP) is 2.38. The number of rotatable bonds is 4. The highest BCUT2D eigenvalue weighted by molar-refractivity contribution is 5.76. The number of carboxylic acid groups (broad SMARTS) is 1. The Hall–Kier alpha value is -2.04. The van der Waals surface area contributed by atoms with E-state index < -0.39 is 23.6 Å². The molecule has 2 amide bonds. The molecule has 0 saturated heterocycles. The molecule has 1 rings (SSSR count). The van der Waals surface area contributed by atoms with E-state index >= 15 is 0 Å². The number of primary amides is 1. The highest BCUT2D eigenvalue weighted by Gasteiger charge is 2.34. The summed E-state index contributed by atoms with van der Waals surface area (Å²) >= 11 is 0. The van der Waals surface area contributed by atoms with E-state index in [4.69, 9.17) is 5.73 Å². The molecule has 0 aliphatic carbocycles. The molecule has 0 fully saturated rings. The number of hydrogen-bond acceptors (Lipinski definition) is 2. The molecule has 0 heterocycles. The van der Waals surface area contributed by atoms with Crippen LogP contribution in [-0.4, -0.2) is 27.5 Å². The summed E-state index contributed by atoms with van der Waals surface area (Å²) < 4.78 is 0. The predicted molar refractivity (Wildman–Crippen MR) is 72.6 cm³/mol. The second kappa shape index (κ2) is 5.73. The minimum atomic E-state index is -1.07. The summed E-state index contributed by atoms with van der Waals surface area (Å²) in [5.74, 6) is -0.524. The summed E-state index contributed by atoms with van der Waals surface area (Å²) in [5.41, 5.74) is 5.39. The highest BCUT2D eigenvalue weighted by atomic mass is 16.4. The number of benzene rings is 1. The Morgan fingerprint density at radius 1 is 1.26 bits per heavy atom. The topological polar surface area (TPSA) is 83.6 Å². The molecule has 0 bridgehead atoms. The van der Waals surface area contributed by atoms with Gasteiger partial charge in [-0.05, 0) is 26.3 Å². The summed E-state index contributed by atoms with van der Waals surface area (Å²) in [6, 6.07) is 8.49. The van der Waals surface area contributed by atoms with Gasteiger partial charge in [-0.25, -0.2) is 4.79 Å². The van der Waals surface area contributed by atoms with Crippen molar-refractivity contribution < 1.29 is 14.7 Å². The van der Waals surface area contributed by atoms with Crippen LogP contribution in [0, 0.1) is 0 Å². The van der Waals surface area contributed by atoms with E-state index in [1.807, 2.05) is 18.2 Å². The molecule has 0 radical (unpaired) electrons. The minimum absolute atomic E-state index is 0.0341. The molecular weight excluding hydrogens is 244 g/mol. The maximum absolute atomic E-state index is 11.5. The van der Waals surface area contributed by atoms with Gasteiger partial charge >= 0.3 is 6.09 Å². The van der Waals surface area contributed by atoms with Crippen LogP contribution in [0.2, 0.25) is 0 Å². The van der Waals surface area contributed by atoms with Crippen molar-refractivity contribution in [1.29, 1.82) is 0 Å². The van der Waals surface area contributed by atoms with Crippen molar-refractivity contribution in [3.8, 4) is 0 Å². The maximum Gasteiger partial charge on any atom is 0.408 e. The number of carbonyl (C=O) groups excluding carboxylic acids is 1. The average Bonchev–Trinajstić information content (AvgIpc) is 2.26. The number of hydrogen-bond donors (Lipinski definition) is 2. The zero-order chi connectivity index (χ0) is 14.6. The van der Waals surface area contributed by atoms with E-state index in [0.717, 1.165) is 5.56 Å². The summed E-state index contributed by atoms with van der Waals surface area (Å²) in [4.78, 5) is 24.0. The zero-order valence-electron chi connectivity index (χ0n) is 11.5. The van der Waals surface area contributed by atoms with E-state index in [1.165, 1.54) is 4.90 Å². The first kappa shape index (κ1) is 15.0. The molecule has 0 aromatic heterocycles. The molecule has 19 heavy (non-hydrogen) atoms. The van der Waals surface area contributed by atoms with Gasteiger partial charge in [-0.2, -0.15) is 0 Å². The van der Waals surface area contributed by atoms with Crippen LogP contribution >= 0.6 is 0 Å². The molecule has 1 aromatic rings. The van der Waals surface area contributed by atoms with Gasteiger partial charge in [-0.1, -0.05) is 30.3 Å². The number of nitrogens with two attached hydrogens (primary N) is 1. The molecule has 5 nitrogen and oxygen atoms in total. The van der Waals surface area contributed by atoms with E-state index in [9.17, 15) is 14.7 Å². The number of carbonyl (C=O) groups is 2. The quantitative estimate of drug-likeness (QED) is 0.875. The molecule has 1 aromatic carbocycles. The monoisotopic (exact) mass is 264 g/mol. The third-order valence-corrected chi connectivity index (χ3v) is 2.82. The lowest BCUT2D eigenvalue weighted by Crippen LogP contribution is -2.48. The standard InChI is InChI=1S/C14H20N2O3/c1-14(2,3)16(13(18)19)11(9-12(15)17)10-7-5-4-6-8-10/h4-8,11H,9H2,1-3H3,(H2,15,17)(H,18,19)/t11-/m0/s1. The van der Waals surface area contributed by atoms with Crippen molar-refractivity contribution >= 4 is 12.0 Å². The van der Waals surface area contributed by atoms with Crippen molar-refractivity contribution in [3.63, 3.8) is 0 Å². The van der Waals surface area contributed by atoms with Gasteiger partial charge in [0, 0.05) is 5.54 Å². The van der Waals surface area contributed by atoms with Crippen molar-refractivity contribution in [2.75, 3.05) is 0 Å². The zero-order valence-corrected chi connectivity index (χ0v) is 11.5. The largest absolute Gasteiger partial charge is 0.465 e. The van der Waals surface area contributed by atoms with Crippen LogP contribution < -0.4 is 5.73 Å². The van der Waals surface area contributed by atoms with Gasteiger partial charge in [0.05, 0.1) is 12.5 Å². The first-order valence-corrected chi connectivity index (χ1v) is 6.09. The Bertz CT molecular complexity index is 452. The van der Waals surface area contributed by atoms with Crippen molar-refractivity contribution in [2.45, 2.75) is 38.8 Å². The number of nitrogens with zero attached hydrogens (tertiary/aromatic N) is 1. The van der Waals surface area contributed by atoms with Crippen LogP contribution in [0.25, 0.3) is 0 Å². The normalized spacial score (nSPS) is 12.8.